The topological polar surface area (TPSA) is 36.3 Å². The lowest BCUT2D eigenvalue weighted by molar-refractivity contribution is 0.379. The Morgan fingerprint density at radius 3 is 2.00 bits per heavy atom. The number of para-hydroxylation sites is 1. The highest BCUT2D eigenvalue weighted by molar-refractivity contribution is 5.67. The highest BCUT2D eigenvalue weighted by atomic mass is 16.5. The molecule has 0 bridgehead atoms. The fourth-order valence-corrected chi connectivity index (χ4v) is 3.51. The van der Waals surface area contributed by atoms with Gasteiger partial charge in [0.15, 0.2) is 0 Å². The Hall–Kier alpha value is -3.53. The number of nitrogens with zero attached hydrogens (tertiary/aromatic N) is 2. The summed E-state index contributed by atoms with van der Waals surface area (Å²) < 4.78 is 13.0. The second-order valence-corrected chi connectivity index (χ2v) is 6.80. The van der Waals surface area contributed by atoms with E-state index in [1.54, 1.807) is 14.2 Å². The molecule has 0 spiro atoms. The summed E-state index contributed by atoms with van der Waals surface area (Å²) >= 11 is 0. The van der Waals surface area contributed by atoms with Crippen molar-refractivity contribution >= 4 is 0 Å². The molecular weight excluding hydrogens is 360 g/mol. The van der Waals surface area contributed by atoms with Gasteiger partial charge in [0.05, 0.1) is 25.6 Å². The molecule has 0 aliphatic carbocycles. The highest BCUT2D eigenvalue weighted by Crippen LogP contribution is 2.34. The van der Waals surface area contributed by atoms with Crippen LogP contribution >= 0.6 is 0 Å². The van der Waals surface area contributed by atoms with Crippen LogP contribution in [0.25, 0.3) is 16.9 Å². The van der Waals surface area contributed by atoms with Gasteiger partial charge >= 0.3 is 0 Å². The van der Waals surface area contributed by atoms with Gasteiger partial charge in [0.2, 0.25) is 5.88 Å². The number of aryl methyl sites for hydroxylation is 1. The van der Waals surface area contributed by atoms with Crippen LogP contribution < -0.4 is 9.47 Å². The van der Waals surface area contributed by atoms with Crippen molar-refractivity contribution < 1.29 is 9.47 Å². The molecule has 0 saturated carbocycles. The van der Waals surface area contributed by atoms with E-state index in [0.717, 1.165) is 47.0 Å². The SMILES string of the molecule is COc1ccc(-c2nn(-c3ccccc3)c(OC)c2CCc2ccccc2)cc1. The molecule has 0 atom stereocenters. The first-order valence-corrected chi connectivity index (χ1v) is 9.70. The summed E-state index contributed by atoms with van der Waals surface area (Å²) in [4.78, 5) is 0. The van der Waals surface area contributed by atoms with E-state index in [2.05, 4.69) is 24.3 Å². The fourth-order valence-electron chi connectivity index (χ4n) is 3.51. The van der Waals surface area contributed by atoms with Crippen LogP contribution in [0.15, 0.2) is 84.9 Å². The zero-order chi connectivity index (χ0) is 20.1. The van der Waals surface area contributed by atoms with Crippen molar-refractivity contribution in [3.8, 4) is 28.6 Å². The van der Waals surface area contributed by atoms with Crippen LogP contribution in [0.5, 0.6) is 11.6 Å². The fraction of sp³-hybridized carbons (Fsp3) is 0.160. The van der Waals surface area contributed by atoms with Crippen molar-refractivity contribution in [1.29, 1.82) is 0 Å². The van der Waals surface area contributed by atoms with E-state index in [1.807, 2.05) is 65.3 Å². The van der Waals surface area contributed by atoms with Crippen molar-refractivity contribution in [3.63, 3.8) is 0 Å². The molecule has 0 fully saturated rings. The first kappa shape index (κ1) is 18.8. The smallest absolute Gasteiger partial charge is 0.220 e. The first-order valence-electron chi connectivity index (χ1n) is 9.70. The number of hydrogen-bond donors (Lipinski definition) is 0. The van der Waals surface area contributed by atoms with Gasteiger partial charge in [-0.25, -0.2) is 4.68 Å². The van der Waals surface area contributed by atoms with Crippen LogP contribution in [0.4, 0.5) is 0 Å². The lowest BCUT2D eigenvalue weighted by Gasteiger charge is -2.08. The number of benzene rings is 3. The Morgan fingerprint density at radius 2 is 1.38 bits per heavy atom. The number of methoxy groups -OCH3 is 2. The summed E-state index contributed by atoms with van der Waals surface area (Å²) in [5.41, 5.74) is 5.35. The predicted octanol–water partition coefficient (Wildman–Crippen LogP) is 5.34. The molecule has 4 rings (SSSR count). The molecule has 4 nitrogen and oxygen atoms in total. The number of rotatable bonds is 7. The normalized spacial score (nSPS) is 10.7. The average molecular weight is 384 g/mol. The van der Waals surface area contributed by atoms with E-state index in [9.17, 15) is 0 Å². The third kappa shape index (κ3) is 4.02. The molecule has 1 heterocycles. The Labute approximate surface area is 171 Å². The van der Waals surface area contributed by atoms with Gasteiger partial charge in [0.1, 0.15) is 5.75 Å². The molecule has 1 aromatic heterocycles. The maximum Gasteiger partial charge on any atom is 0.220 e. The Bertz CT molecular complexity index is 1060. The third-order valence-electron chi connectivity index (χ3n) is 5.00. The maximum atomic E-state index is 5.84. The summed E-state index contributed by atoms with van der Waals surface area (Å²) in [7, 11) is 3.38. The molecule has 0 N–H and O–H groups in total. The lowest BCUT2D eigenvalue weighted by Crippen LogP contribution is -2.01. The number of aromatic nitrogens is 2. The minimum Gasteiger partial charge on any atom is -0.497 e. The van der Waals surface area contributed by atoms with E-state index >= 15 is 0 Å². The zero-order valence-electron chi connectivity index (χ0n) is 16.7. The van der Waals surface area contributed by atoms with E-state index in [0.29, 0.717) is 0 Å². The molecule has 0 saturated heterocycles. The van der Waals surface area contributed by atoms with Gasteiger partial charge in [0, 0.05) is 11.1 Å². The molecular formula is C25H24N2O2. The van der Waals surface area contributed by atoms with Crippen molar-refractivity contribution in [2.75, 3.05) is 14.2 Å². The molecule has 0 amide bonds. The summed E-state index contributed by atoms with van der Waals surface area (Å²) in [6.45, 7) is 0. The Kier molecular flexibility index (Phi) is 5.61. The van der Waals surface area contributed by atoms with E-state index < -0.39 is 0 Å². The number of hydrogen-bond acceptors (Lipinski definition) is 3. The molecule has 3 aromatic carbocycles. The molecule has 29 heavy (non-hydrogen) atoms. The van der Waals surface area contributed by atoms with Crippen molar-refractivity contribution in [3.05, 3.63) is 96.1 Å². The van der Waals surface area contributed by atoms with Crippen molar-refractivity contribution in [2.24, 2.45) is 0 Å². The summed E-state index contributed by atoms with van der Waals surface area (Å²) in [6, 6.07) is 28.6. The second kappa shape index (κ2) is 8.65. The highest BCUT2D eigenvalue weighted by Gasteiger charge is 2.21. The van der Waals surface area contributed by atoms with Crippen LogP contribution in [-0.2, 0) is 12.8 Å². The Balaban J connectivity index is 1.79. The maximum absolute atomic E-state index is 5.84. The third-order valence-corrected chi connectivity index (χ3v) is 5.00. The van der Waals surface area contributed by atoms with Crippen molar-refractivity contribution in [2.45, 2.75) is 12.8 Å². The van der Waals surface area contributed by atoms with E-state index in [4.69, 9.17) is 14.6 Å². The predicted molar refractivity (Wildman–Crippen MR) is 116 cm³/mol. The lowest BCUT2D eigenvalue weighted by atomic mass is 10.0. The van der Waals surface area contributed by atoms with Crippen LogP contribution in [0.2, 0.25) is 0 Å². The van der Waals surface area contributed by atoms with Gasteiger partial charge in [-0.1, -0.05) is 48.5 Å². The molecule has 0 radical (unpaired) electrons. The van der Waals surface area contributed by atoms with Gasteiger partial charge in [-0.2, -0.15) is 5.10 Å². The Morgan fingerprint density at radius 1 is 0.724 bits per heavy atom. The standard InChI is InChI=1S/C25H24N2O2/c1-28-22-16-14-20(15-17-22)24-23(18-13-19-9-5-3-6-10-19)25(29-2)27(26-24)21-11-7-4-8-12-21/h3-12,14-17H,13,18H2,1-2H3. The van der Waals surface area contributed by atoms with Crippen molar-refractivity contribution in [1.82, 2.24) is 9.78 Å². The van der Waals surface area contributed by atoms with Gasteiger partial charge in [-0.15, -0.1) is 0 Å². The van der Waals surface area contributed by atoms with Gasteiger partial charge < -0.3 is 9.47 Å². The summed E-state index contributed by atoms with van der Waals surface area (Å²) in [6.07, 6.45) is 1.75. The molecule has 0 aliphatic heterocycles. The quantitative estimate of drug-likeness (QED) is 0.431. The second-order valence-electron chi connectivity index (χ2n) is 6.80. The summed E-state index contributed by atoms with van der Waals surface area (Å²) in [5.74, 6) is 1.60. The average Bonchev–Trinajstić information content (AvgIpc) is 3.17. The van der Waals surface area contributed by atoms with Gasteiger partial charge in [-0.3, -0.25) is 0 Å². The molecule has 4 aromatic rings. The molecule has 0 unspecified atom stereocenters. The van der Waals surface area contributed by atoms with Crippen LogP contribution in [0.3, 0.4) is 0 Å². The van der Waals surface area contributed by atoms with E-state index in [1.165, 1.54) is 5.56 Å². The first-order chi connectivity index (χ1) is 14.3. The van der Waals surface area contributed by atoms with Gasteiger partial charge in [0.25, 0.3) is 0 Å². The van der Waals surface area contributed by atoms with Crippen LogP contribution in [0.1, 0.15) is 11.1 Å². The molecule has 146 valence electrons. The van der Waals surface area contributed by atoms with Gasteiger partial charge in [-0.05, 0) is 54.8 Å². The van der Waals surface area contributed by atoms with E-state index in [-0.39, 0.29) is 0 Å². The summed E-state index contributed by atoms with van der Waals surface area (Å²) in [5, 5.41) is 4.94. The zero-order valence-corrected chi connectivity index (χ0v) is 16.7. The van der Waals surface area contributed by atoms with Crippen LogP contribution in [-0.4, -0.2) is 24.0 Å². The molecule has 4 heteroatoms. The minimum atomic E-state index is 0.776. The monoisotopic (exact) mass is 384 g/mol. The largest absolute Gasteiger partial charge is 0.497 e. The molecule has 0 aliphatic rings. The minimum absolute atomic E-state index is 0.776. The van der Waals surface area contributed by atoms with Crippen LogP contribution in [0, 0.1) is 0 Å². The number of ether oxygens (including phenoxy) is 2.